The number of aryl methyl sites for hydroxylation is 1. The number of fused-ring (bicyclic) bond motifs is 1. The quantitative estimate of drug-likeness (QED) is 0.593. The van der Waals surface area contributed by atoms with Crippen molar-refractivity contribution in [3.05, 3.63) is 94.5 Å². The van der Waals surface area contributed by atoms with Gasteiger partial charge in [-0.2, -0.15) is 0 Å². The highest BCUT2D eigenvalue weighted by atomic mass is 32.2. The van der Waals surface area contributed by atoms with E-state index in [1.807, 2.05) is 65.3 Å². The van der Waals surface area contributed by atoms with E-state index in [-0.39, 0.29) is 21.6 Å². The molecule has 1 N–H and O–H groups in total. The van der Waals surface area contributed by atoms with Crippen LogP contribution in [0.2, 0.25) is 0 Å². The van der Waals surface area contributed by atoms with Crippen molar-refractivity contribution in [2.75, 3.05) is 11.1 Å². The number of anilines is 1. The number of nitrogens with zero attached hydrogens (tertiary/aromatic N) is 2. The number of sulfone groups is 1. The van der Waals surface area contributed by atoms with E-state index in [0.29, 0.717) is 23.4 Å². The summed E-state index contributed by atoms with van der Waals surface area (Å²) < 4.78 is 27.9. The lowest BCUT2D eigenvalue weighted by atomic mass is 10.2. The highest BCUT2D eigenvalue weighted by Crippen LogP contribution is 2.28. The molecule has 32 heavy (non-hydrogen) atoms. The number of para-hydroxylation sites is 1. The molecule has 2 heterocycles. The van der Waals surface area contributed by atoms with Gasteiger partial charge >= 0.3 is 0 Å². The van der Waals surface area contributed by atoms with Gasteiger partial charge in [-0.1, -0.05) is 49.4 Å². The average molecular weight is 448 g/mol. The van der Waals surface area contributed by atoms with Gasteiger partial charge in [-0.05, 0) is 44.0 Å². The van der Waals surface area contributed by atoms with Crippen LogP contribution in [0.3, 0.4) is 0 Å². The van der Waals surface area contributed by atoms with Crippen LogP contribution in [0.15, 0.2) is 88.4 Å². The van der Waals surface area contributed by atoms with Crippen molar-refractivity contribution in [1.82, 2.24) is 9.55 Å². The Balaban J connectivity index is 2.06. The minimum Gasteiger partial charge on any atom is -0.341 e. The maximum Gasteiger partial charge on any atom is 0.196 e. The molecule has 1 aliphatic rings. The first kappa shape index (κ1) is 21.8. The normalized spacial score (nSPS) is 13.8. The number of nitrogens with one attached hydrogen (secondary N) is 1. The van der Waals surface area contributed by atoms with Gasteiger partial charge in [0.15, 0.2) is 20.3 Å². The molecule has 0 spiro atoms. The van der Waals surface area contributed by atoms with Gasteiger partial charge in [0.25, 0.3) is 0 Å². The summed E-state index contributed by atoms with van der Waals surface area (Å²) >= 11 is 0. The van der Waals surface area contributed by atoms with Crippen LogP contribution in [0.5, 0.6) is 0 Å². The Morgan fingerprint density at radius 2 is 1.91 bits per heavy atom. The van der Waals surface area contributed by atoms with Crippen LogP contribution in [0.4, 0.5) is 5.82 Å². The number of benzene rings is 1. The molecule has 0 bridgehead atoms. The van der Waals surface area contributed by atoms with E-state index in [9.17, 15) is 13.2 Å². The fraction of sp³-hybridized carbons (Fsp3) is 0.200. The number of rotatable bonds is 6. The minimum absolute atomic E-state index is 0.0615. The van der Waals surface area contributed by atoms with Gasteiger partial charge in [0.05, 0.1) is 16.7 Å². The molecule has 1 aliphatic carbocycles. The molecule has 4 rings (SSSR count). The molecule has 0 saturated carbocycles. The molecule has 6 nitrogen and oxygen atoms in total. The SMILES string of the molecule is CCCS(=O)(=O)c1nc(C)cc2c1c(=O)cc(NC1=CCC=CC=C1)n2-c1ccccc1. The van der Waals surface area contributed by atoms with E-state index in [1.165, 1.54) is 6.07 Å². The summed E-state index contributed by atoms with van der Waals surface area (Å²) in [6.07, 6.45) is 11.1. The van der Waals surface area contributed by atoms with Crippen LogP contribution in [-0.2, 0) is 9.84 Å². The first-order valence-corrected chi connectivity index (χ1v) is 12.2. The topological polar surface area (TPSA) is 81.1 Å². The van der Waals surface area contributed by atoms with E-state index in [4.69, 9.17) is 0 Å². The van der Waals surface area contributed by atoms with Crippen LogP contribution >= 0.6 is 0 Å². The number of hydrogen-bond donors (Lipinski definition) is 1. The Morgan fingerprint density at radius 3 is 2.66 bits per heavy atom. The zero-order valence-electron chi connectivity index (χ0n) is 18.1. The minimum atomic E-state index is -3.70. The summed E-state index contributed by atoms with van der Waals surface area (Å²) in [4.78, 5) is 17.6. The lowest BCUT2D eigenvalue weighted by molar-refractivity contribution is 0.591. The van der Waals surface area contributed by atoms with Crippen LogP contribution < -0.4 is 10.7 Å². The van der Waals surface area contributed by atoms with Crippen molar-refractivity contribution in [1.29, 1.82) is 0 Å². The monoisotopic (exact) mass is 447 g/mol. The number of aromatic nitrogens is 2. The molecule has 2 aromatic heterocycles. The third kappa shape index (κ3) is 4.29. The second-order valence-corrected chi connectivity index (χ2v) is 9.68. The van der Waals surface area contributed by atoms with E-state index in [1.54, 1.807) is 19.9 Å². The Hall–Kier alpha value is -3.45. The van der Waals surface area contributed by atoms with Gasteiger partial charge in [0, 0.05) is 23.1 Å². The van der Waals surface area contributed by atoms with Gasteiger partial charge in [0.1, 0.15) is 5.82 Å². The average Bonchev–Trinajstić information content (AvgIpc) is 3.02. The molecular weight excluding hydrogens is 422 g/mol. The maximum atomic E-state index is 13.3. The lowest BCUT2D eigenvalue weighted by Crippen LogP contribution is -2.19. The molecule has 0 amide bonds. The Labute approximate surface area is 187 Å². The molecule has 0 unspecified atom stereocenters. The lowest BCUT2D eigenvalue weighted by Gasteiger charge is -2.20. The fourth-order valence-corrected chi connectivity index (χ4v) is 5.31. The molecule has 0 atom stereocenters. The largest absolute Gasteiger partial charge is 0.341 e. The zero-order chi connectivity index (χ0) is 22.7. The van der Waals surface area contributed by atoms with Crippen molar-refractivity contribution in [3.8, 4) is 5.69 Å². The number of pyridine rings is 2. The Bertz CT molecular complexity index is 1420. The molecule has 1 aromatic carbocycles. The third-order valence-corrected chi connectivity index (χ3v) is 6.97. The van der Waals surface area contributed by atoms with E-state index in [0.717, 1.165) is 17.8 Å². The summed E-state index contributed by atoms with van der Waals surface area (Å²) in [7, 11) is -3.70. The van der Waals surface area contributed by atoms with Gasteiger partial charge in [-0.15, -0.1) is 0 Å². The van der Waals surface area contributed by atoms with Gasteiger partial charge in [-0.25, -0.2) is 13.4 Å². The third-order valence-electron chi connectivity index (χ3n) is 5.14. The van der Waals surface area contributed by atoms with Gasteiger partial charge in [-0.3, -0.25) is 9.36 Å². The van der Waals surface area contributed by atoms with E-state index in [2.05, 4.69) is 10.3 Å². The standard InChI is InChI=1S/C25H25N3O3S/c1-3-15-32(30,31)25-24-21(16-18(2)26-25)28(20-13-9-6-10-14-20)23(17-22(24)29)27-19-11-7-4-5-8-12-19/h4-7,9-14,16-17,27H,3,8,15H2,1-2H3. The maximum absolute atomic E-state index is 13.3. The molecule has 7 heteroatoms. The Morgan fingerprint density at radius 1 is 1.12 bits per heavy atom. The molecule has 0 aliphatic heterocycles. The van der Waals surface area contributed by atoms with Crippen molar-refractivity contribution in [3.63, 3.8) is 0 Å². The first-order valence-electron chi connectivity index (χ1n) is 10.6. The summed E-state index contributed by atoms with van der Waals surface area (Å²) in [5.41, 5.74) is 2.31. The summed E-state index contributed by atoms with van der Waals surface area (Å²) in [6.45, 7) is 3.54. The predicted molar refractivity (Wildman–Crippen MR) is 129 cm³/mol. The molecule has 0 fully saturated rings. The summed E-state index contributed by atoms with van der Waals surface area (Å²) in [5.74, 6) is 0.490. The molecule has 3 aromatic rings. The fourth-order valence-electron chi connectivity index (χ4n) is 3.78. The molecule has 164 valence electrons. The Kier molecular flexibility index (Phi) is 6.10. The number of allylic oxidation sites excluding steroid dienone is 5. The van der Waals surface area contributed by atoms with Crippen molar-refractivity contribution >= 4 is 26.6 Å². The molecule has 0 saturated heterocycles. The summed E-state index contributed by atoms with van der Waals surface area (Å²) in [6, 6.07) is 12.8. The van der Waals surface area contributed by atoms with Crippen LogP contribution in [-0.4, -0.2) is 23.7 Å². The molecule has 0 radical (unpaired) electrons. The zero-order valence-corrected chi connectivity index (χ0v) is 18.9. The van der Waals surface area contributed by atoms with Gasteiger partial charge < -0.3 is 5.32 Å². The van der Waals surface area contributed by atoms with Crippen molar-refractivity contribution in [2.24, 2.45) is 0 Å². The van der Waals surface area contributed by atoms with E-state index >= 15 is 0 Å². The second-order valence-electron chi connectivity index (χ2n) is 7.65. The summed E-state index contributed by atoms with van der Waals surface area (Å²) in [5, 5.41) is 3.32. The van der Waals surface area contributed by atoms with Gasteiger partial charge in [0.2, 0.25) is 0 Å². The predicted octanol–water partition coefficient (Wildman–Crippen LogP) is 4.69. The highest BCUT2D eigenvalue weighted by molar-refractivity contribution is 7.91. The van der Waals surface area contributed by atoms with Crippen molar-refractivity contribution < 1.29 is 8.42 Å². The first-order chi connectivity index (χ1) is 15.4. The highest BCUT2D eigenvalue weighted by Gasteiger charge is 2.24. The van der Waals surface area contributed by atoms with Crippen LogP contribution in [0.25, 0.3) is 16.6 Å². The van der Waals surface area contributed by atoms with Crippen molar-refractivity contribution in [2.45, 2.75) is 31.7 Å². The molecular formula is C25H25N3O3S. The number of hydrogen-bond acceptors (Lipinski definition) is 5. The van der Waals surface area contributed by atoms with E-state index < -0.39 is 9.84 Å². The van der Waals surface area contributed by atoms with Crippen LogP contribution in [0.1, 0.15) is 25.5 Å². The van der Waals surface area contributed by atoms with Crippen LogP contribution in [0, 0.1) is 6.92 Å². The smallest absolute Gasteiger partial charge is 0.196 e. The second kappa shape index (κ2) is 8.96.